The van der Waals surface area contributed by atoms with Gasteiger partial charge in [0.15, 0.2) is 0 Å². The monoisotopic (exact) mass is 198 g/mol. The average Bonchev–Trinajstić information content (AvgIpc) is 2.13. The van der Waals surface area contributed by atoms with Crippen LogP contribution in [0.4, 0.5) is 4.79 Å². The molecule has 0 unspecified atom stereocenters. The van der Waals surface area contributed by atoms with E-state index in [-0.39, 0.29) is 13.1 Å². The van der Waals surface area contributed by atoms with E-state index in [4.69, 9.17) is 11.5 Å². The van der Waals surface area contributed by atoms with E-state index in [1.54, 1.807) is 0 Å². The first-order chi connectivity index (χ1) is 6.61. The maximum absolute atomic E-state index is 11.3. The molecule has 0 aromatic carbocycles. The summed E-state index contributed by atoms with van der Waals surface area (Å²) in [5.41, 5.74) is 0. The van der Waals surface area contributed by atoms with Gasteiger partial charge in [-0.2, -0.15) is 0 Å². The maximum Gasteiger partial charge on any atom is 0.323 e. The molecule has 0 atom stereocenters. The lowest BCUT2D eigenvalue weighted by Gasteiger charge is -2.19. The Morgan fingerprint density at radius 2 is 2.21 bits per heavy atom. The Kier molecular flexibility index (Phi) is 5.95. The van der Waals surface area contributed by atoms with Crippen LogP contribution in [0.1, 0.15) is 13.3 Å². The molecule has 0 aromatic rings. The van der Waals surface area contributed by atoms with Crippen molar-refractivity contribution in [3.63, 3.8) is 0 Å². The van der Waals surface area contributed by atoms with Gasteiger partial charge in [-0.05, 0) is 6.42 Å². The first kappa shape index (κ1) is 12.3. The topological polar surface area (TPSA) is 69.6 Å². The van der Waals surface area contributed by atoms with Crippen LogP contribution in [0.25, 0.3) is 0 Å². The molecule has 0 aliphatic heterocycles. The third kappa shape index (κ3) is 5.04. The summed E-state index contributed by atoms with van der Waals surface area (Å²) in [6.07, 6.45) is 5.66. The van der Waals surface area contributed by atoms with Gasteiger partial charge in [0.05, 0.1) is 6.54 Å². The van der Waals surface area contributed by atoms with Crippen LogP contribution < -0.4 is 5.32 Å². The molecule has 78 valence electrons. The van der Waals surface area contributed by atoms with Crippen LogP contribution >= 0.6 is 0 Å². The van der Waals surface area contributed by atoms with Crippen LogP contribution in [0.15, 0.2) is 0 Å². The van der Waals surface area contributed by atoms with Crippen LogP contribution in [0.3, 0.4) is 0 Å². The molecule has 0 spiro atoms. The van der Waals surface area contributed by atoms with Crippen molar-refractivity contribution in [2.24, 2.45) is 0 Å². The molecule has 0 radical (unpaired) electrons. The molecule has 0 saturated heterocycles. The van der Waals surface area contributed by atoms with E-state index in [0.29, 0.717) is 13.0 Å². The van der Waals surface area contributed by atoms with Gasteiger partial charge in [0.2, 0.25) is 0 Å². The number of carbonyl (C=O) groups is 2. The fourth-order valence-electron chi connectivity index (χ4n) is 0.924. The van der Waals surface area contributed by atoms with Gasteiger partial charge in [0, 0.05) is 6.54 Å². The Morgan fingerprint density at radius 1 is 1.57 bits per heavy atom. The number of rotatable bonds is 5. The summed E-state index contributed by atoms with van der Waals surface area (Å²) in [5, 5.41) is 10.9. The quantitative estimate of drug-likeness (QED) is 0.617. The first-order valence-electron chi connectivity index (χ1n) is 4.29. The Bertz CT molecular complexity index is 245. The molecule has 0 fully saturated rings. The molecule has 0 rings (SSSR count). The van der Waals surface area contributed by atoms with Gasteiger partial charge in [0.25, 0.3) is 0 Å². The Hall–Kier alpha value is -1.70. The number of hydrogen-bond acceptors (Lipinski definition) is 2. The molecule has 0 aliphatic rings. The molecule has 5 heteroatoms. The van der Waals surface area contributed by atoms with Crippen LogP contribution in [-0.4, -0.2) is 41.6 Å². The molecule has 5 nitrogen and oxygen atoms in total. The molecular weight excluding hydrogens is 184 g/mol. The molecule has 0 bridgehead atoms. The van der Waals surface area contributed by atoms with Crippen molar-refractivity contribution in [1.29, 1.82) is 0 Å². The third-order valence-corrected chi connectivity index (χ3v) is 1.45. The van der Waals surface area contributed by atoms with Crippen LogP contribution in [0, 0.1) is 12.3 Å². The number of nitrogens with zero attached hydrogens (tertiary/aromatic N) is 1. The molecule has 0 heterocycles. The second-order valence-corrected chi connectivity index (χ2v) is 2.68. The number of hydrogen-bond donors (Lipinski definition) is 2. The minimum absolute atomic E-state index is 0.110. The van der Waals surface area contributed by atoms with Gasteiger partial charge < -0.3 is 15.3 Å². The number of amides is 2. The normalized spacial score (nSPS) is 8.86. The van der Waals surface area contributed by atoms with Gasteiger partial charge >= 0.3 is 12.0 Å². The number of urea groups is 1. The highest BCUT2D eigenvalue weighted by atomic mass is 16.4. The SMILES string of the molecule is C#CCNC(=O)N(CCC)CC(=O)O. The summed E-state index contributed by atoms with van der Waals surface area (Å²) in [6, 6.07) is -0.438. The number of terminal acetylenes is 1. The molecule has 0 saturated carbocycles. The van der Waals surface area contributed by atoms with Crippen molar-refractivity contribution < 1.29 is 14.7 Å². The summed E-state index contributed by atoms with van der Waals surface area (Å²) in [4.78, 5) is 22.9. The van der Waals surface area contributed by atoms with Crippen molar-refractivity contribution in [2.75, 3.05) is 19.6 Å². The highest BCUT2D eigenvalue weighted by molar-refractivity contribution is 5.80. The van der Waals surface area contributed by atoms with E-state index in [0.717, 1.165) is 0 Å². The van der Waals surface area contributed by atoms with Crippen molar-refractivity contribution >= 4 is 12.0 Å². The van der Waals surface area contributed by atoms with E-state index in [1.807, 2.05) is 6.92 Å². The number of carboxylic acid groups (broad SMARTS) is 1. The summed E-state index contributed by atoms with van der Waals surface area (Å²) in [7, 11) is 0. The summed E-state index contributed by atoms with van der Waals surface area (Å²) in [5.74, 6) is 1.21. The minimum atomic E-state index is -1.03. The van der Waals surface area contributed by atoms with Gasteiger partial charge in [-0.1, -0.05) is 12.8 Å². The zero-order chi connectivity index (χ0) is 11.0. The predicted octanol–water partition coefficient (Wildman–Crippen LogP) is 0.126. The van der Waals surface area contributed by atoms with Gasteiger partial charge in [-0.3, -0.25) is 4.79 Å². The Balaban J connectivity index is 4.11. The lowest BCUT2D eigenvalue weighted by molar-refractivity contribution is -0.137. The number of nitrogens with one attached hydrogen (secondary N) is 1. The van der Waals surface area contributed by atoms with Crippen LogP contribution in [0.5, 0.6) is 0 Å². The average molecular weight is 198 g/mol. The van der Waals surface area contributed by atoms with Gasteiger partial charge in [0.1, 0.15) is 6.54 Å². The fourth-order valence-corrected chi connectivity index (χ4v) is 0.924. The first-order valence-corrected chi connectivity index (χ1v) is 4.29. The minimum Gasteiger partial charge on any atom is -0.480 e. The van der Waals surface area contributed by atoms with Crippen molar-refractivity contribution in [3.05, 3.63) is 0 Å². The largest absolute Gasteiger partial charge is 0.480 e. The zero-order valence-corrected chi connectivity index (χ0v) is 8.12. The summed E-state index contributed by atoms with van der Waals surface area (Å²) in [6.45, 7) is 2.08. The number of aliphatic carboxylic acids is 1. The van der Waals surface area contributed by atoms with E-state index in [1.165, 1.54) is 4.90 Å². The Labute approximate surface area is 83.1 Å². The lowest BCUT2D eigenvalue weighted by atomic mass is 10.4. The van der Waals surface area contributed by atoms with Crippen molar-refractivity contribution in [1.82, 2.24) is 10.2 Å². The molecule has 0 aromatic heterocycles. The second-order valence-electron chi connectivity index (χ2n) is 2.68. The van der Waals surface area contributed by atoms with Crippen molar-refractivity contribution in [2.45, 2.75) is 13.3 Å². The lowest BCUT2D eigenvalue weighted by Crippen LogP contribution is -2.43. The predicted molar refractivity (Wildman–Crippen MR) is 51.7 cm³/mol. The van der Waals surface area contributed by atoms with Gasteiger partial charge in [-0.25, -0.2) is 4.79 Å². The second kappa shape index (κ2) is 6.78. The number of carbonyl (C=O) groups excluding carboxylic acids is 1. The van der Waals surface area contributed by atoms with Gasteiger partial charge in [-0.15, -0.1) is 6.42 Å². The van der Waals surface area contributed by atoms with Crippen molar-refractivity contribution in [3.8, 4) is 12.3 Å². The summed E-state index contributed by atoms with van der Waals surface area (Å²) < 4.78 is 0. The number of carboxylic acids is 1. The van der Waals surface area contributed by atoms with E-state index < -0.39 is 12.0 Å². The third-order valence-electron chi connectivity index (χ3n) is 1.45. The summed E-state index contributed by atoms with van der Waals surface area (Å²) >= 11 is 0. The van der Waals surface area contributed by atoms with E-state index >= 15 is 0 Å². The Morgan fingerprint density at radius 3 is 2.64 bits per heavy atom. The van der Waals surface area contributed by atoms with Crippen LogP contribution in [0.2, 0.25) is 0 Å². The van der Waals surface area contributed by atoms with E-state index in [9.17, 15) is 9.59 Å². The molecular formula is C9H14N2O3. The standard InChI is InChI=1S/C9H14N2O3/c1-3-5-10-9(14)11(6-4-2)7-8(12)13/h1H,4-7H2,2H3,(H,10,14)(H,12,13). The highest BCUT2D eigenvalue weighted by Gasteiger charge is 2.14. The highest BCUT2D eigenvalue weighted by Crippen LogP contribution is 1.92. The molecule has 2 amide bonds. The van der Waals surface area contributed by atoms with E-state index in [2.05, 4.69) is 11.2 Å². The fraction of sp³-hybridized carbons (Fsp3) is 0.556. The zero-order valence-electron chi connectivity index (χ0n) is 8.12. The molecule has 0 aliphatic carbocycles. The maximum atomic E-state index is 11.3. The molecule has 2 N–H and O–H groups in total. The smallest absolute Gasteiger partial charge is 0.323 e. The molecule has 14 heavy (non-hydrogen) atoms. The van der Waals surface area contributed by atoms with Crippen LogP contribution in [-0.2, 0) is 4.79 Å².